The summed E-state index contributed by atoms with van der Waals surface area (Å²) in [5.41, 5.74) is 5.34. The predicted molar refractivity (Wildman–Crippen MR) is 189 cm³/mol. The lowest BCUT2D eigenvalue weighted by atomic mass is 9.92. The fraction of sp³-hybridized carbons (Fsp3) is 0.359. The lowest BCUT2D eigenvalue weighted by molar-refractivity contribution is 0.0151. The van der Waals surface area contributed by atoms with E-state index in [0.29, 0.717) is 25.0 Å². The van der Waals surface area contributed by atoms with Gasteiger partial charge in [-0.25, -0.2) is 4.79 Å². The monoisotopic (exact) mass is 647 g/mol. The molecule has 2 atom stereocenters. The number of hydrogen-bond donors (Lipinski definition) is 0. The highest BCUT2D eigenvalue weighted by molar-refractivity contribution is 5.96. The minimum atomic E-state index is -0.518. The molecule has 0 spiro atoms. The maximum atomic E-state index is 12.8. The van der Waals surface area contributed by atoms with Gasteiger partial charge in [0.05, 0.1) is 11.1 Å². The van der Waals surface area contributed by atoms with E-state index in [4.69, 9.17) is 24.3 Å². The molecule has 6 rings (SSSR count). The number of piperidine rings is 1. The molecule has 0 bridgehead atoms. The molecule has 0 aliphatic carbocycles. The predicted octanol–water partition coefficient (Wildman–Crippen LogP) is 7.88. The first kappa shape index (κ1) is 32.9. The number of fused-ring (bicyclic) bond motifs is 1. The van der Waals surface area contributed by atoms with E-state index in [9.17, 15) is 4.79 Å². The Morgan fingerprint density at radius 1 is 0.917 bits per heavy atom. The summed E-state index contributed by atoms with van der Waals surface area (Å²) in [6, 6.07) is 30.6. The molecule has 2 aromatic heterocycles. The highest BCUT2D eigenvalue weighted by Gasteiger charge is 2.33. The molecule has 48 heavy (non-hydrogen) atoms. The first-order chi connectivity index (χ1) is 23.1. The van der Waals surface area contributed by atoms with Gasteiger partial charge >= 0.3 is 6.09 Å². The van der Waals surface area contributed by atoms with E-state index in [-0.39, 0.29) is 18.1 Å². The molecule has 1 amide bonds. The summed E-state index contributed by atoms with van der Waals surface area (Å²) in [5.74, 6) is 1.23. The number of carbonyl (C=O) groups excluding carboxylic acids is 1. The molecule has 3 heterocycles. The Bertz CT molecular complexity index is 1850. The second kappa shape index (κ2) is 14.0. The van der Waals surface area contributed by atoms with Gasteiger partial charge in [0, 0.05) is 50.4 Å². The number of pyridine rings is 1. The number of anilines is 1. The van der Waals surface area contributed by atoms with Gasteiger partial charge in [0.25, 0.3) is 0 Å². The standard InChI is InChI=1S/C39H45N5O4/c1-27-24-44(22-21-33(27)42(5)38(45)48-39(2,3)4)30-17-18-31-34(23-30)43(6)41-36(31)32-19-20-35(46-25-28-13-9-7-10-14-28)40-37(32)47-26-29-15-11-8-12-16-29/h7-20,23,27,33H,21-22,24-26H2,1-6H3/t27-,33-/m0/s1. The second-order valence-electron chi connectivity index (χ2n) is 13.6. The van der Waals surface area contributed by atoms with Crippen LogP contribution in [0, 0.1) is 5.92 Å². The highest BCUT2D eigenvalue weighted by Crippen LogP contribution is 2.37. The normalized spacial score (nSPS) is 16.5. The second-order valence-corrected chi connectivity index (χ2v) is 13.6. The summed E-state index contributed by atoms with van der Waals surface area (Å²) < 4.78 is 20.0. The Labute approximate surface area is 283 Å². The van der Waals surface area contributed by atoms with Crippen LogP contribution in [0.3, 0.4) is 0 Å². The van der Waals surface area contributed by atoms with Gasteiger partial charge in [-0.1, -0.05) is 67.6 Å². The molecule has 1 saturated heterocycles. The third-order valence-corrected chi connectivity index (χ3v) is 8.78. The quantitative estimate of drug-likeness (QED) is 0.161. The number of nitrogens with zero attached hydrogens (tertiary/aromatic N) is 5. The zero-order chi connectivity index (χ0) is 33.8. The van der Waals surface area contributed by atoms with Gasteiger partial charge < -0.3 is 24.0 Å². The van der Waals surface area contributed by atoms with Crippen LogP contribution >= 0.6 is 0 Å². The zero-order valence-electron chi connectivity index (χ0n) is 28.7. The van der Waals surface area contributed by atoms with Crippen molar-refractivity contribution in [1.82, 2.24) is 19.7 Å². The highest BCUT2D eigenvalue weighted by atomic mass is 16.6. The molecule has 9 heteroatoms. The van der Waals surface area contributed by atoms with E-state index < -0.39 is 5.60 Å². The van der Waals surface area contributed by atoms with Crippen LogP contribution in [0.1, 0.15) is 45.2 Å². The molecule has 1 aliphatic heterocycles. The zero-order valence-corrected chi connectivity index (χ0v) is 28.7. The van der Waals surface area contributed by atoms with E-state index in [0.717, 1.165) is 58.5 Å². The van der Waals surface area contributed by atoms with Crippen molar-refractivity contribution in [2.45, 2.75) is 59.0 Å². The van der Waals surface area contributed by atoms with Crippen LogP contribution in [0.25, 0.3) is 22.2 Å². The number of rotatable bonds is 9. The van der Waals surface area contributed by atoms with Crippen LogP contribution in [0.2, 0.25) is 0 Å². The van der Waals surface area contributed by atoms with Gasteiger partial charge in [0.1, 0.15) is 24.5 Å². The third kappa shape index (κ3) is 7.56. The molecule has 0 unspecified atom stereocenters. The van der Waals surface area contributed by atoms with Gasteiger partial charge in [-0.3, -0.25) is 4.68 Å². The molecule has 0 saturated carbocycles. The van der Waals surface area contributed by atoms with Crippen molar-refractivity contribution in [3.63, 3.8) is 0 Å². The largest absolute Gasteiger partial charge is 0.473 e. The van der Waals surface area contributed by atoms with Crippen molar-refractivity contribution in [1.29, 1.82) is 0 Å². The minimum Gasteiger partial charge on any atom is -0.473 e. The molecule has 1 fully saturated rings. The van der Waals surface area contributed by atoms with Crippen LogP contribution in [0.5, 0.6) is 11.8 Å². The lowest BCUT2D eigenvalue weighted by Crippen LogP contribution is -2.51. The first-order valence-electron chi connectivity index (χ1n) is 16.6. The van der Waals surface area contributed by atoms with E-state index in [1.54, 1.807) is 4.90 Å². The molecular weight excluding hydrogens is 602 g/mol. The first-order valence-corrected chi connectivity index (χ1v) is 16.6. The maximum absolute atomic E-state index is 12.8. The molecular formula is C39H45N5O4. The number of benzene rings is 3. The van der Waals surface area contributed by atoms with Gasteiger partial charge in [-0.05, 0) is 68.5 Å². The number of hydrogen-bond acceptors (Lipinski definition) is 7. The van der Waals surface area contributed by atoms with Crippen molar-refractivity contribution >= 4 is 22.7 Å². The summed E-state index contributed by atoms with van der Waals surface area (Å²) in [6.45, 7) is 10.4. The molecule has 5 aromatic rings. The van der Waals surface area contributed by atoms with E-state index in [1.807, 2.05) is 112 Å². The summed E-state index contributed by atoms with van der Waals surface area (Å²) in [6.07, 6.45) is 0.590. The van der Waals surface area contributed by atoms with Crippen molar-refractivity contribution in [2.75, 3.05) is 25.0 Å². The molecule has 9 nitrogen and oxygen atoms in total. The topological polar surface area (TPSA) is 82.0 Å². The molecule has 1 aliphatic rings. The fourth-order valence-corrected chi connectivity index (χ4v) is 6.31. The average Bonchev–Trinajstić information content (AvgIpc) is 3.41. The Kier molecular flexibility index (Phi) is 9.57. The smallest absolute Gasteiger partial charge is 0.410 e. The molecule has 0 N–H and O–H groups in total. The van der Waals surface area contributed by atoms with Crippen molar-refractivity contribution in [3.05, 3.63) is 102 Å². The third-order valence-electron chi connectivity index (χ3n) is 8.78. The number of aromatic nitrogens is 3. The lowest BCUT2D eigenvalue weighted by Gasteiger charge is -2.42. The molecule has 0 radical (unpaired) electrons. The fourth-order valence-electron chi connectivity index (χ4n) is 6.31. The van der Waals surface area contributed by atoms with E-state index >= 15 is 0 Å². The van der Waals surface area contributed by atoms with E-state index in [2.05, 4.69) is 30.0 Å². The number of carbonyl (C=O) groups is 1. The van der Waals surface area contributed by atoms with Crippen molar-refractivity contribution in [3.8, 4) is 23.0 Å². The number of amides is 1. The molecule has 3 aromatic carbocycles. The van der Waals surface area contributed by atoms with Crippen molar-refractivity contribution in [2.24, 2.45) is 13.0 Å². The van der Waals surface area contributed by atoms with Crippen LogP contribution in [0.15, 0.2) is 91.0 Å². The van der Waals surface area contributed by atoms with Crippen LogP contribution in [-0.4, -0.2) is 57.5 Å². The maximum Gasteiger partial charge on any atom is 0.410 e. The Hall–Kier alpha value is -5.05. The summed E-state index contributed by atoms with van der Waals surface area (Å²) in [7, 11) is 3.82. The Balaban J connectivity index is 1.24. The molecule has 250 valence electrons. The van der Waals surface area contributed by atoms with Gasteiger partial charge in [0.2, 0.25) is 11.8 Å². The SMILES string of the molecule is C[C@H]1CN(c2ccc3c(-c4ccc(OCc5ccccc5)nc4OCc4ccccc4)nn(C)c3c2)CC[C@@H]1N(C)C(=O)OC(C)(C)C. The van der Waals surface area contributed by atoms with Gasteiger partial charge in [-0.2, -0.15) is 10.1 Å². The average molecular weight is 648 g/mol. The van der Waals surface area contributed by atoms with Gasteiger partial charge in [0.15, 0.2) is 0 Å². The Morgan fingerprint density at radius 2 is 1.58 bits per heavy atom. The summed E-state index contributed by atoms with van der Waals surface area (Å²) in [5, 5.41) is 5.98. The minimum absolute atomic E-state index is 0.115. The van der Waals surface area contributed by atoms with E-state index in [1.165, 1.54) is 0 Å². The van der Waals surface area contributed by atoms with Crippen LogP contribution in [0.4, 0.5) is 10.5 Å². The number of aryl methyl sites for hydroxylation is 1. The Morgan fingerprint density at radius 3 is 2.23 bits per heavy atom. The van der Waals surface area contributed by atoms with Crippen LogP contribution < -0.4 is 14.4 Å². The summed E-state index contributed by atoms with van der Waals surface area (Å²) >= 11 is 0. The van der Waals surface area contributed by atoms with Crippen molar-refractivity contribution < 1.29 is 19.0 Å². The number of ether oxygens (including phenoxy) is 3. The van der Waals surface area contributed by atoms with Gasteiger partial charge in [-0.15, -0.1) is 0 Å². The van der Waals surface area contributed by atoms with Crippen LogP contribution in [-0.2, 0) is 25.0 Å². The summed E-state index contributed by atoms with van der Waals surface area (Å²) in [4.78, 5) is 21.7.